The third kappa shape index (κ3) is 7.07. The number of halogens is 1. The van der Waals surface area contributed by atoms with E-state index in [9.17, 15) is 9.59 Å². The van der Waals surface area contributed by atoms with Crippen molar-refractivity contribution in [3.63, 3.8) is 0 Å². The summed E-state index contributed by atoms with van der Waals surface area (Å²) >= 11 is 2.12. The second-order valence-electron chi connectivity index (χ2n) is 5.88. The number of hydrogen-bond acceptors (Lipinski definition) is 6. The SMILES string of the molecule is C=CCOc1c(I)cc(C=NNC(=O)CC(=O)Nc2cccc(OC)c2)cc1OC. The van der Waals surface area contributed by atoms with Gasteiger partial charge in [0.25, 0.3) is 0 Å². The Morgan fingerprint density at radius 3 is 2.67 bits per heavy atom. The quantitative estimate of drug-likeness (QED) is 0.164. The summed E-state index contributed by atoms with van der Waals surface area (Å²) in [6.45, 7) is 3.98. The number of hydrazone groups is 1. The monoisotopic (exact) mass is 523 g/mol. The molecule has 8 nitrogen and oxygen atoms in total. The number of nitrogens with zero attached hydrogens (tertiary/aromatic N) is 1. The summed E-state index contributed by atoms with van der Waals surface area (Å²) in [5, 5.41) is 6.53. The van der Waals surface area contributed by atoms with Gasteiger partial charge in [-0.25, -0.2) is 5.43 Å². The molecule has 0 saturated carbocycles. The average molecular weight is 523 g/mol. The number of carbonyl (C=O) groups excluding carboxylic acids is 2. The zero-order valence-corrected chi connectivity index (χ0v) is 18.8. The van der Waals surface area contributed by atoms with E-state index < -0.39 is 11.8 Å². The summed E-state index contributed by atoms with van der Waals surface area (Å²) in [6, 6.07) is 10.4. The van der Waals surface area contributed by atoms with Crippen LogP contribution in [0.25, 0.3) is 0 Å². The summed E-state index contributed by atoms with van der Waals surface area (Å²) in [5.41, 5.74) is 3.57. The zero-order valence-electron chi connectivity index (χ0n) is 16.6. The van der Waals surface area contributed by atoms with Gasteiger partial charge in [0.2, 0.25) is 11.8 Å². The molecule has 0 aromatic heterocycles. The topological polar surface area (TPSA) is 98.2 Å². The van der Waals surface area contributed by atoms with Gasteiger partial charge in [-0.05, 0) is 52.4 Å². The van der Waals surface area contributed by atoms with E-state index in [4.69, 9.17) is 14.2 Å². The molecule has 0 saturated heterocycles. The first-order chi connectivity index (χ1) is 14.5. The molecule has 0 heterocycles. The van der Waals surface area contributed by atoms with E-state index in [1.165, 1.54) is 20.4 Å². The Hall–Kier alpha value is -3.08. The molecular weight excluding hydrogens is 501 g/mol. The molecule has 0 aliphatic rings. The predicted molar refractivity (Wildman–Crippen MR) is 123 cm³/mol. The van der Waals surface area contributed by atoms with E-state index in [-0.39, 0.29) is 6.42 Å². The molecule has 2 amide bonds. The molecular formula is C21H22IN3O5. The standard InChI is InChI=1S/C21H22IN3O5/c1-4-8-30-21-17(22)9-14(10-18(21)29-3)13-23-25-20(27)12-19(26)24-15-6-5-7-16(11-15)28-2/h4-7,9-11,13H,1,8,12H2,2-3H3,(H,24,26)(H,25,27). The number of anilines is 1. The van der Waals surface area contributed by atoms with Gasteiger partial charge >= 0.3 is 0 Å². The van der Waals surface area contributed by atoms with Crippen molar-refractivity contribution in [1.82, 2.24) is 5.43 Å². The van der Waals surface area contributed by atoms with E-state index in [0.29, 0.717) is 35.1 Å². The second-order valence-corrected chi connectivity index (χ2v) is 7.05. The predicted octanol–water partition coefficient (Wildman–Crippen LogP) is 3.35. The van der Waals surface area contributed by atoms with Gasteiger partial charge in [-0.15, -0.1) is 0 Å². The van der Waals surface area contributed by atoms with Crippen LogP contribution in [0.5, 0.6) is 17.2 Å². The molecule has 0 aliphatic carbocycles. The smallest absolute Gasteiger partial charge is 0.249 e. The molecule has 0 unspecified atom stereocenters. The maximum Gasteiger partial charge on any atom is 0.249 e. The Balaban J connectivity index is 1.92. The fraction of sp³-hybridized carbons (Fsp3) is 0.190. The molecule has 0 aliphatic heterocycles. The van der Waals surface area contributed by atoms with Crippen LogP contribution in [0.1, 0.15) is 12.0 Å². The van der Waals surface area contributed by atoms with Gasteiger partial charge < -0.3 is 19.5 Å². The number of ether oxygens (including phenoxy) is 3. The summed E-state index contributed by atoms with van der Waals surface area (Å²) in [5.74, 6) is 0.741. The maximum atomic E-state index is 12.0. The van der Waals surface area contributed by atoms with Gasteiger partial charge in [0.05, 0.1) is 24.0 Å². The Labute approximate surface area is 188 Å². The lowest BCUT2D eigenvalue weighted by molar-refractivity contribution is -0.126. The van der Waals surface area contributed by atoms with Crippen molar-refractivity contribution in [1.29, 1.82) is 0 Å². The molecule has 0 atom stereocenters. The highest BCUT2D eigenvalue weighted by Gasteiger charge is 2.12. The summed E-state index contributed by atoms with van der Waals surface area (Å²) in [6.07, 6.45) is 2.73. The van der Waals surface area contributed by atoms with Crippen molar-refractivity contribution in [3.05, 3.63) is 58.2 Å². The first kappa shape index (κ1) is 23.2. The van der Waals surface area contributed by atoms with Crippen LogP contribution < -0.4 is 25.0 Å². The molecule has 0 spiro atoms. The highest BCUT2D eigenvalue weighted by atomic mass is 127. The summed E-state index contributed by atoms with van der Waals surface area (Å²) in [7, 11) is 3.07. The van der Waals surface area contributed by atoms with E-state index in [0.717, 1.165) is 3.57 Å². The highest BCUT2D eigenvalue weighted by Crippen LogP contribution is 2.33. The molecule has 9 heteroatoms. The summed E-state index contributed by atoms with van der Waals surface area (Å²) < 4.78 is 16.8. The summed E-state index contributed by atoms with van der Waals surface area (Å²) in [4.78, 5) is 24.0. The van der Waals surface area contributed by atoms with Crippen molar-refractivity contribution in [2.75, 3.05) is 26.1 Å². The Bertz CT molecular complexity index is 946. The van der Waals surface area contributed by atoms with Crippen LogP contribution in [-0.2, 0) is 9.59 Å². The van der Waals surface area contributed by atoms with Crippen molar-refractivity contribution < 1.29 is 23.8 Å². The molecule has 0 radical (unpaired) electrons. The fourth-order valence-corrected chi connectivity index (χ4v) is 3.15. The molecule has 0 fully saturated rings. The Morgan fingerprint density at radius 1 is 1.17 bits per heavy atom. The number of carbonyl (C=O) groups is 2. The Kier molecular flexibility index (Phi) is 9.13. The molecule has 158 valence electrons. The van der Waals surface area contributed by atoms with Gasteiger partial charge in [-0.2, -0.15) is 5.10 Å². The van der Waals surface area contributed by atoms with Crippen LogP contribution in [0.2, 0.25) is 0 Å². The van der Waals surface area contributed by atoms with E-state index in [1.54, 1.807) is 36.4 Å². The number of amides is 2. The van der Waals surface area contributed by atoms with E-state index in [1.807, 2.05) is 6.07 Å². The second kappa shape index (κ2) is 11.8. The number of hydrogen-bond donors (Lipinski definition) is 2. The van der Waals surface area contributed by atoms with Crippen molar-refractivity contribution in [2.24, 2.45) is 5.10 Å². The van der Waals surface area contributed by atoms with Crippen molar-refractivity contribution in [2.45, 2.75) is 6.42 Å². The third-order valence-electron chi connectivity index (χ3n) is 3.67. The van der Waals surface area contributed by atoms with Crippen LogP contribution in [-0.4, -0.2) is 38.9 Å². The number of nitrogens with one attached hydrogen (secondary N) is 2. The van der Waals surface area contributed by atoms with Gasteiger partial charge in [-0.3, -0.25) is 9.59 Å². The van der Waals surface area contributed by atoms with Gasteiger partial charge in [0.1, 0.15) is 18.8 Å². The zero-order chi connectivity index (χ0) is 21.9. The number of benzene rings is 2. The van der Waals surface area contributed by atoms with Crippen LogP contribution in [0, 0.1) is 3.57 Å². The van der Waals surface area contributed by atoms with Crippen LogP contribution in [0.3, 0.4) is 0 Å². The van der Waals surface area contributed by atoms with E-state index >= 15 is 0 Å². The molecule has 2 rings (SSSR count). The lowest BCUT2D eigenvalue weighted by atomic mass is 10.2. The van der Waals surface area contributed by atoms with Crippen molar-refractivity contribution in [3.8, 4) is 17.2 Å². The average Bonchev–Trinajstić information content (AvgIpc) is 2.72. The molecule has 2 aromatic rings. The maximum absolute atomic E-state index is 12.0. The van der Waals surface area contributed by atoms with Crippen LogP contribution >= 0.6 is 22.6 Å². The van der Waals surface area contributed by atoms with Gasteiger partial charge in [-0.1, -0.05) is 18.7 Å². The minimum Gasteiger partial charge on any atom is -0.497 e. The van der Waals surface area contributed by atoms with Crippen molar-refractivity contribution >= 4 is 46.3 Å². The lowest BCUT2D eigenvalue weighted by Crippen LogP contribution is -2.24. The minimum atomic E-state index is -0.542. The fourth-order valence-electron chi connectivity index (χ4n) is 2.37. The van der Waals surface area contributed by atoms with Gasteiger partial charge in [0.15, 0.2) is 11.5 Å². The molecule has 2 aromatic carbocycles. The molecule has 0 bridgehead atoms. The highest BCUT2D eigenvalue weighted by molar-refractivity contribution is 14.1. The first-order valence-corrected chi connectivity index (χ1v) is 9.91. The van der Waals surface area contributed by atoms with Crippen LogP contribution in [0.15, 0.2) is 54.2 Å². The normalized spacial score (nSPS) is 10.4. The van der Waals surface area contributed by atoms with E-state index in [2.05, 4.69) is 45.0 Å². The number of methoxy groups -OCH3 is 2. The molecule has 30 heavy (non-hydrogen) atoms. The largest absolute Gasteiger partial charge is 0.497 e. The molecule has 2 N–H and O–H groups in total. The lowest BCUT2D eigenvalue weighted by Gasteiger charge is -2.12. The third-order valence-corrected chi connectivity index (χ3v) is 4.48. The minimum absolute atomic E-state index is 0.355. The first-order valence-electron chi connectivity index (χ1n) is 8.83. The van der Waals surface area contributed by atoms with Crippen LogP contribution in [0.4, 0.5) is 5.69 Å². The van der Waals surface area contributed by atoms with Gasteiger partial charge in [0, 0.05) is 11.8 Å². The number of rotatable bonds is 10. The Morgan fingerprint density at radius 2 is 1.97 bits per heavy atom.